The molecule has 0 saturated heterocycles. The molecule has 1 heterocycles. The van der Waals surface area contributed by atoms with Gasteiger partial charge in [-0.2, -0.15) is 0 Å². The number of benzene rings is 2. The van der Waals surface area contributed by atoms with Gasteiger partial charge in [-0.1, -0.05) is 47.1 Å². The Balaban J connectivity index is 2.28. The molecule has 0 unspecified atom stereocenters. The second-order valence-corrected chi connectivity index (χ2v) is 5.07. The summed E-state index contributed by atoms with van der Waals surface area (Å²) in [5, 5.41) is 4.59. The summed E-state index contributed by atoms with van der Waals surface area (Å²) < 4.78 is 19.1. The molecule has 1 aromatic heterocycles. The molecule has 0 aliphatic rings. The fourth-order valence-corrected chi connectivity index (χ4v) is 2.45. The van der Waals surface area contributed by atoms with Gasteiger partial charge < -0.3 is 10.3 Å². The van der Waals surface area contributed by atoms with E-state index < -0.39 is 0 Å². The summed E-state index contributed by atoms with van der Waals surface area (Å²) in [5.41, 5.74) is 8.72. The summed E-state index contributed by atoms with van der Waals surface area (Å²) in [6, 6.07) is 11.8. The van der Waals surface area contributed by atoms with E-state index in [1.165, 1.54) is 6.07 Å². The Morgan fingerprint density at radius 3 is 2.57 bits per heavy atom. The molecule has 0 radical (unpaired) electrons. The lowest BCUT2D eigenvalue weighted by molar-refractivity contribution is 0.439. The third-order valence-electron chi connectivity index (χ3n) is 3.38. The lowest BCUT2D eigenvalue weighted by atomic mass is 9.98. The van der Waals surface area contributed by atoms with Gasteiger partial charge in [0.25, 0.3) is 0 Å². The van der Waals surface area contributed by atoms with Gasteiger partial charge in [0, 0.05) is 16.1 Å². The van der Waals surface area contributed by atoms with Gasteiger partial charge in [-0.05, 0) is 24.6 Å². The Kier molecular flexibility index (Phi) is 3.39. The molecule has 5 heteroatoms. The van der Waals surface area contributed by atoms with Crippen LogP contribution >= 0.6 is 11.6 Å². The Hall–Kier alpha value is -2.33. The van der Waals surface area contributed by atoms with Gasteiger partial charge >= 0.3 is 0 Å². The highest BCUT2D eigenvalue weighted by Crippen LogP contribution is 2.39. The standard InChI is InChI=1S/C16H12ClFN2O/c1-9-10(6-4-7-12(9)17)15-14(16(19)21-20-15)11-5-2-3-8-13(11)18/h2-8H,19H2,1H3. The number of nitrogens with zero attached hydrogens (tertiary/aromatic N) is 1. The van der Waals surface area contributed by atoms with Crippen molar-refractivity contribution in [2.45, 2.75) is 6.92 Å². The fraction of sp³-hybridized carbons (Fsp3) is 0.0625. The summed E-state index contributed by atoms with van der Waals surface area (Å²) in [4.78, 5) is 0. The largest absolute Gasteiger partial charge is 0.367 e. The number of nitrogen functional groups attached to an aromatic ring is 1. The van der Waals surface area contributed by atoms with E-state index in [1.807, 2.05) is 13.0 Å². The zero-order chi connectivity index (χ0) is 15.0. The van der Waals surface area contributed by atoms with Crippen molar-refractivity contribution in [1.29, 1.82) is 0 Å². The molecule has 106 valence electrons. The second kappa shape index (κ2) is 5.22. The van der Waals surface area contributed by atoms with E-state index in [4.69, 9.17) is 21.9 Å². The molecule has 0 spiro atoms. The smallest absolute Gasteiger partial charge is 0.230 e. The van der Waals surface area contributed by atoms with Crippen molar-refractivity contribution in [2.75, 3.05) is 5.73 Å². The van der Waals surface area contributed by atoms with Crippen LogP contribution in [0.5, 0.6) is 0 Å². The van der Waals surface area contributed by atoms with Crippen molar-refractivity contribution in [2.24, 2.45) is 0 Å². The van der Waals surface area contributed by atoms with E-state index in [0.29, 0.717) is 21.8 Å². The molecule has 0 amide bonds. The molecule has 0 aliphatic carbocycles. The predicted molar refractivity (Wildman–Crippen MR) is 81.5 cm³/mol. The van der Waals surface area contributed by atoms with Crippen LogP contribution in [0.1, 0.15) is 5.56 Å². The first-order chi connectivity index (χ1) is 10.1. The lowest BCUT2D eigenvalue weighted by Gasteiger charge is -2.07. The summed E-state index contributed by atoms with van der Waals surface area (Å²) in [5.74, 6) is -0.303. The van der Waals surface area contributed by atoms with Crippen molar-refractivity contribution < 1.29 is 8.91 Å². The number of rotatable bonds is 2. The number of halogens is 2. The number of hydrogen-bond donors (Lipinski definition) is 1. The molecule has 0 atom stereocenters. The van der Waals surface area contributed by atoms with Gasteiger partial charge in [-0.15, -0.1) is 0 Å². The molecule has 0 saturated carbocycles. The first-order valence-corrected chi connectivity index (χ1v) is 6.73. The molecule has 2 N–H and O–H groups in total. The van der Waals surface area contributed by atoms with Gasteiger partial charge in [-0.25, -0.2) is 4.39 Å². The SMILES string of the molecule is Cc1c(Cl)cccc1-c1noc(N)c1-c1ccccc1F. The van der Waals surface area contributed by atoms with Crippen LogP contribution in [0.25, 0.3) is 22.4 Å². The summed E-state index contributed by atoms with van der Waals surface area (Å²) in [7, 11) is 0. The molecule has 2 aromatic carbocycles. The Bertz CT molecular complexity index is 814. The Labute approximate surface area is 126 Å². The minimum absolute atomic E-state index is 0.0782. The monoisotopic (exact) mass is 302 g/mol. The molecular weight excluding hydrogens is 291 g/mol. The van der Waals surface area contributed by atoms with E-state index in [9.17, 15) is 4.39 Å². The third-order valence-corrected chi connectivity index (χ3v) is 3.79. The maximum Gasteiger partial charge on any atom is 0.230 e. The third kappa shape index (κ3) is 2.28. The van der Waals surface area contributed by atoms with E-state index >= 15 is 0 Å². The quantitative estimate of drug-likeness (QED) is 0.747. The summed E-state index contributed by atoms with van der Waals surface area (Å²) in [6.45, 7) is 1.87. The van der Waals surface area contributed by atoms with Crippen molar-refractivity contribution in [3.8, 4) is 22.4 Å². The van der Waals surface area contributed by atoms with Crippen LogP contribution in [-0.2, 0) is 0 Å². The highest BCUT2D eigenvalue weighted by Gasteiger charge is 2.21. The van der Waals surface area contributed by atoms with Crippen molar-refractivity contribution >= 4 is 17.5 Å². The highest BCUT2D eigenvalue weighted by atomic mass is 35.5. The summed E-state index contributed by atoms with van der Waals surface area (Å²) >= 11 is 6.14. The maximum atomic E-state index is 14.1. The predicted octanol–water partition coefficient (Wildman–Crippen LogP) is 4.69. The molecule has 3 nitrogen and oxygen atoms in total. The van der Waals surface area contributed by atoms with Crippen LogP contribution in [0.2, 0.25) is 5.02 Å². The minimum atomic E-state index is -0.381. The lowest BCUT2D eigenvalue weighted by Crippen LogP contribution is -1.92. The maximum absolute atomic E-state index is 14.1. The number of anilines is 1. The number of hydrogen-bond acceptors (Lipinski definition) is 3. The Morgan fingerprint density at radius 2 is 1.81 bits per heavy atom. The van der Waals surface area contributed by atoms with E-state index in [1.54, 1.807) is 30.3 Å². The highest BCUT2D eigenvalue weighted by molar-refractivity contribution is 6.31. The first kappa shape index (κ1) is 13.6. The van der Waals surface area contributed by atoms with E-state index in [0.717, 1.165) is 11.1 Å². The minimum Gasteiger partial charge on any atom is -0.367 e. The molecule has 0 fully saturated rings. The van der Waals surface area contributed by atoms with Crippen molar-refractivity contribution in [1.82, 2.24) is 5.16 Å². The molecule has 3 rings (SSSR count). The average molecular weight is 303 g/mol. The molecular formula is C16H12ClFN2O. The molecule has 3 aromatic rings. The topological polar surface area (TPSA) is 52.0 Å². The van der Waals surface area contributed by atoms with Gasteiger partial charge in [0.15, 0.2) is 0 Å². The number of nitrogens with two attached hydrogens (primary N) is 1. The van der Waals surface area contributed by atoms with Gasteiger partial charge in [-0.3, -0.25) is 0 Å². The zero-order valence-electron chi connectivity index (χ0n) is 11.2. The van der Waals surface area contributed by atoms with Crippen molar-refractivity contribution in [3.63, 3.8) is 0 Å². The average Bonchev–Trinajstić information content (AvgIpc) is 2.84. The van der Waals surface area contributed by atoms with Crippen LogP contribution in [0.3, 0.4) is 0 Å². The van der Waals surface area contributed by atoms with Crippen LogP contribution in [0.4, 0.5) is 10.3 Å². The molecule has 0 bridgehead atoms. The second-order valence-electron chi connectivity index (χ2n) is 4.66. The van der Waals surface area contributed by atoms with Gasteiger partial charge in [0.1, 0.15) is 11.5 Å². The zero-order valence-corrected chi connectivity index (χ0v) is 12.0. The summed E-state index contributed by atoms with van der Waals surface area (Å²) in [6.07, 6.45) is 0. The van der Waals surface area contributed by atoms with Crippen LogP contribution in [-0.4, -0.2) is 5.16 Å². The number of aromatic nitrogens is 1. The van der Waals surface area contributed by atoms with E-state index in [-0.39, 0.29) is 11.7 Å². The van der Waals surface area contributed by atoms with Gasteiger partial charge in [0.2, 0.25) is 5.88 Å². The van der Waals surface area contributed by atoms with Crippen LogP contribution < -0.4 is 5.73 Å². The van der Waals surface area contributed by atoms with Crippen LogP contribution in [0.15, 0.2) is 47.0 Å². The first-order valence-electron chi connectivity index (χ1n) is 6.35. The van der Waals surface area contributed by atoms with Crippen LogP contribution in [0, 0.1) is 12.7 Å². The Morgan fingerprint density at radius 1 is 1.10 bits per heavy atom. The molecule has 0 aliphatic heterocycles. The normalized spacial score (nSPS) is 10.8. The molecule has 21 heavy (non-hydrogen) atoms. The van der Waals surface area contributed by atoms with E-state index in [2.05, 4.69) is 5.16 Å². The fourth-order valence-electron chi connectivity index (χ4n) is 2.27. The van der Waals surface area contributed by atoms with Gasteiger partial charge in [0.05, 0.1) is 5.56 Å². The van der Waals surface area contributed by atoms with Crippen molar-refractivity contribution in [3.05, 3.63) is 58.9 Å².